The number of nitrogens with zero attached hydrogens (tertiary/aromatic N) is 2. The van der Waals surface area contributed by atoms with E-state index in [9.17, 15) is 18.0 Å². The van der Waals surface area contributed by atoms with Crippen molar-refractivity contribution in [3.8, 4) is 11.5 Å². The van der Waals surface area contributed by atoms with E-state index in [0.29, 0.717) is 30.2 Å². The number of rotatable bonds is 12. The summed E-state index contributed by atoms with van der Waals surface area (Å²) in [5.41, 5.74) is 0.611. The highest BCUT2D eigenvalue weighted by Gasteiger charge is 2.33. The second-order valence-electron chi connectivity index (χ2n) is 9.73. The molecule has 2 amide bonds. The lowest BCUT2D eigenvalue weighted by molar-refractivity contribution is -0.141. The van der Waals surface area contributed by atoms with E-state index in [-0.39, 0.29) is 12.5 Å². The molecule has 2 aromatic carbocycles. The zero-order valence-electron chi connectivity index (χ0n) is 22.8. The summed E-state index contributed by atoms with van der Waals surface area (Å²) in [6.45, 7) is 9.42. The third-order valence-corrected chi connectivity index (χ3v) is 6.65. The Bertz CT molecular complexity index is 1140. The molecule has 2 rings (SSSR count). The lowest BCUT2D eigenvalue weighted by atomic mass is 10.1. The van der Waals surface area contributed by atoms with E-state index in [0.717, 1.165) is 16.1 Å². The molecule has 2 aromatic rings. The van der Waals surface area contributed by atoms with Crippen LogP contribution in [0, 0.1) is 0 Å². The van der Waals surface area contributed by atoms with Gasteiger partial charge in [-0.1, -0.05) is 19.1 Å². The number of carbonyl (C=O) groups is 2. The molecule has 204 valence electrons. The van der Waals surface area contributed by atoms with Gasteiger partial charge in [0.15, 0.2) is 0 Å². The maximum atomic E-state index is 13.7. The second kappa shape index (κ2) is 12.8. The van der Waals surface area contributed by atoms with Crippen LogP contribution < -0.4 is 19.1 Å². The van der Waals surface area contributed by atoms with Crippen LogP contribution in [0.15, 0.2) is 48.5 Å². The minimum Gasteiger partial charge on any atom is -0.497 e. The standard InChI is InChI=1S/C27H39N3O6S/c1-8-24(26(32)28-27(3,4)5)29(18-20-10-14-22(35-6)15-11-20)25(31)19-30(37(7,33)34)21-12-16-23(17-13-21)36-9-2/h10-17,24H,8-9,18-19H2,1-7H3,(H,28,32)/t24-/m1/s1. The number of hydrogen-bond donors (Lipinski definition) is 1. The molecule has 0 bridgehead atoms. The van der Waals surface area contributed by atoms with E-state index in [1.807, 2.05) is 46.8 Å². The largest absolute Gasteiger partial charge is 0.497 e. The van der Waals surface area contributed by atoms with Gasteiger partial charge in [-0.15, -0.1) is 0 Å². The van der Waals surface area contributed by atoms with Crippen molar-refractivity contribution in [2.75, 3.05) is 30.8 Å². The Labute approximate surface area is 220 Å². The molecule has 0 saturated carbocycles. The molecule has 0 aliphatic heterocycles. The fourth-order valence-corrected chi connectivity index (χ4v) is 4.64. The third-order valence-electron chi connectivity index (χ3n) is 5.51. The van der Waals surface area contributed by atoms with Crippen LogP contribution in [0.1, 0.15) is 46.6 Å². The van der Waals surface area contributed by atoms with Crippen molar-refractivity contribution in [3.05, 3.63) is 54.1 Å². The molecule has 9 nitrogen and oxygen atoms in total. The van der Waals surface area contributed by atoms with Gasteiger partial charge in [-0.3, -0.25) is 13.9 Å². The zero-order chi connectivity index (χ0) is 27.8. The number of methoxy groups -OCH3 is 1. The highest BCUT2D eigenvalue weighted by Crippen LogP contribution is 2.23. The number of carbonyl (C=O) groups excluding carboxylic acids is 2. The van der Waals surface area contributed by atoms with Gasteiger partial charge in [0.2, 0.25) is 21.8 Å². The zero-order valence-corrected chi connectivity index (χ0v) is 23.6. The van der Waals surface area contributed by atoms with Crippen LogP contribution in [0.3, 0.4) is 0 Å². The topological polar surface area (TPSA) is 105 Å². The number of ether oxygens (including phenoxy) is 2. The molecular weight excluding hydrogens is 494 g/mol. The fourth-order valence-electron chi connectivity index (χ4n) is 3.79. The van der Waals surface area contributed by atoms with Crippen LogP contribution in [0.25, 0.3) is 0 Å². The first-order chi connectivity index (χ1) is 17.3. The van der Waals surface area contributed by atoms with Crippen LogP contribution in [-0.2, 0) is 26.2 Å². The Morgan fingerprint density at radius 2 is 1.54 bits per heavy atom. The van der Waals surface area contributed by atoms with Gasteiger partial charge >= 0.3 is 0 Å². The highest BCUT2D eigenvalue weighted by molar-refractivity contribution is 7.92. The van der Waals surface area contributed by atoms with Crippen molar-refractivity contribution in [3.63, 3.8) is 0 Å². The van der Waals surface area contributed by atoms with Crippen molar-refractivity contribution in [2.45, 2.75) is 59.2 Å². The van der Waals surface area contributed by atoms with Crippen LogP contribution in [0.4, 0.5) is 5.69 Å². The minimum atomic E-state index is -3.81. The number of amides is 2. The summed E-state index contributed by atoms with van der Waals surface area (Å²) in [5.74, 6) is 0.463. The van der Waals surface area contributed by atoms with Gasteiger partial charge in [0.1, 0.15) is 24.1 Å². The Kier molecular flexibility index (Phi) is 10.4. The lowest BCUT2D eigenvalue weighted by Crippen LogP contribution is -2.55. The quantitative estimate of drug-likeness (QED) is 0.447. The summed E-state index contributed by atoms with van der Waals surface area (Å²) in [6, 6.07) is 12.9. The summed E-state index contributed by atoms with van der Waals surface area (Å²) >= 11 is 0. The van der Waals surface area contributed by atoms with E-state index >= 15 is 0 Å². The van der Waals surface area contributed by atoms with E-state index in [4.69, 9.17) is 9.47 Å². The second-order valence-corrected chi connectivity index (χ2v) is 11.6. The Balaban J connectivity index is 2.43. The summed E-state index contributed by atoms with van der Waals surface area (Å²) in [7, 11) is -2.24. The van der Waals surface area contributed by atoms with Crippen LogP contribution in [0.2, 0.25) is 0 Å². The van der Waals surface area contributed by atoms with Crippen LogP contribution in [0.5, 0.6) is 11.5 Å². The maximum Gasteiger partial charge on any atom is 0.244 e. The molecule has 1 atom stereocenters. The van der Waals surface area contributed by atoms with Crippen LogP contribution in [-0.4, -0.2) is 63.2 Å². The summed E-state index contributed by atoms with van der Waals surface area (Å²) in [6.07, 6.45) is 1.40. The van der Waals surface area contributed by atoms with E-state index in [1.165, 1.54) is 4.90 Å². The normalized spacial score (nSPS) is 12.4. The maximum absolute atomic E-state index is 13.7. The number of benzene rings is 2. The number of anilines is 1. The van der Waals surface area contributed by atoms with E-state index < -0.39 is 34.1 Å². The van der Waals surface area contributed by atoms with Gasteiger partial charge in [0.05, 0.1) is 25.7 Å². The lowest BCUT2D eigenvalue weighted by Gasteiger charge is -2.34. The molecule has 0 radical (unpaired) electrons. The summed E-state index contributed by atoms with van der Waals surface area (Å²) in [4.78, 5) is 28.4. The Hall–Kier alpha value is -3.27. The first-order valence-electron chi connectivity index (χ1n) is 12.2. The molecule has 37 heavy (non-hydrogen) atoms. The van der Waals surface area contributed by atoms with Gasteiger partial charge in [0, 0.05) is 12.1 Å². The molecule has 10 heteroatoms. The van der Waals surface area contributed by atoms with Gasteiger partial charge < -0.3 is 19.7 Å². The van der Waals surface area contributed by atoms with Crippen molar-refractivity contribution in [1.82, 2.24) is 10.2 Å². The molecule has 0 aliphatic rings. The van der Waals surface area contributed by atoms with Crippen LogP contribution >= 0.6 is 0 Å². The van der Waals surface area contributed by atoms with Crippen molar-refractivity contribution in [1.29, 1.82) is 0 Å². The highest BCUT2D eigenvalue weighted by atomic mass is 32.2. The van der Waals surface area contributed by atoms with Gasteiger partial charge in [0.25, 0.3) is 0 Å². The molecule has 0 heterocycles. The van der Waals surface area contributed by atoms with Gasteiger partial charge in [-0.2, -0.15) is 0 Å². The van der Waals surface area contributed by atoms with Crippen molar-refractivity contribution < 1.29 is 27.5 Å². The van der Waals surface area contributed by atoms with E-state index in [1.54, 1.807) is 43.5 Å². The molecule has 0 aromatic heterocycles. The average molecular weight is 534 g/mol. The molecule has 1 N–H and O–H groups in total. The molecule has 0 saturated heterocycles. The third kappa shape index (κ3) is 8.96. The van der Waals surface area contributed by atoms with Gasteiger partial charge in [-0.25, -0.2) is 8.42 Å². The number of nitrogens with one attached hydrogen (secondary N) is 1. The van der Waals surface area contributed by atoms with Gasteiger partial charge in [-0.05, 0) is 76.1 Å². The molecular formula is C27H39N3O6S. The molecule has 0 spiro atoms. The van der Waals surface area contributed by atoms with Crippen molar-refractivity contribution >= 4 is 27.5 Å². The molecule has 0 aliphatic carbocycles. The number of sulfonamides is 1. The predicted octanol–water partition coefficient (Wildman–Crippen LogP) is 3.58. The first-order valence-corrected chi connectivity index (χ1v) is 14.1. The molecule has 0 fully saturated rings. The van der Waals surface area contributed by atoms with E-state index in [2.05, 4.69) is 5.32 Å². The number of hydrogen-bond acceptors (Lipinski definition) is 6. The fraction of sp³-hybridized carbons (Fsp3) is 0.481. The monoisotopic (exact) mass is 533 g/mol. The summed E-state index contributed by atoms with van der Waals surface area (Å²) in [5, 5.41) is 2.94. The SMILES string of the molecule is CCOc1ccc(N(CC(=O)N(Cc2ccc(OC)cc2)[C@H](CC)C(=O)NC(C)(C)C)S(C)(=O)=O)cc1. The predicted molar refractivity (Wildman–Crippen MR) is 145 cm³/mol. The summed E-state index contributed by atoms with van der Waals surface area (Å²) < 4.78 is 37.1. The molecule has 0 unspecified atom stereocenters. The Morgan fingerprint density at radius 1 is 0.973 bits per heavy atom. The average Bonchev–Trinajstić information content (AvgIpc) is 2.81. The first kappa shape index (κ1) is 30.0. The Morgan fingerprint density at radius 3 is 2.00 bits per heavy atom. The van der Waals surface area contributed by atoms with Crippen molar-refractivity contribution in [2.24, 2.45) is 0 Å². The minimum absolute atomic E-state index is 0.125. The smallest absolute Gasteiger partial charge is 0.244 e.